The van der Waals surface area contributed by atoms with Gasteiger partial charge < -0.3 is 9.13 Å². The SMILES string of the molecule is CC1C=CC(n2c3c(c4cc(-c5ccc6c(c5)c5ccccc5n6-c5cccc6c5-c5ccccc5C65C6=C(C=CCC6)c6ccccc65)ccc42)CCC=C3)=CC1. The van der Waals surface area contributed by atoms with Gasteiger partial charge in [-0.2, -0.15) is 0 Å². The third kappa shape index (κ3) is 4.17. The molecular formula is C56H42N2. The van der Waals surface area contributed by atoms with Crippen molar-refractivity contribution in [1.82, 2.24) is 9.13 Å². The fourth-order valence-electron chi connectivity index (χ4n) is 11.6. The lowest BCUT2D eigenvalue weighted by molar-refractivity contribution is 0.714. The van der Waals surface area contributed by atoms with Crippen LogP contribution in [0.15, 0.2) is 169 Å². The molecule has 0 amide bonds. The maximum absolute atomic E-state index is 2.55. The predicted octanol–water partition coefficient (Wildman–Crippen LogP) is 14.2. The summed E-state index contributed by atoms with van der Waals surface area (Å²) in [5.41, 5.74) is 22.7. The summed E-state index contributed by atoms with van der Waals surface area (Å²) in [4.78, 5) is 0. The van der Waals surface area contributed by atoms with Gasteiger partial charge in [0.2, 0.25) is 0 Å². The number of hydrogen-bond donors (Lipinski definition) is 0. The predicted molar refractivity (Wildman–Crippen MR) is 243 cm³/mol. The second kappa shape index (κ2) is 11.9. The summed E-state index contributed by atoms with van der Waals surface area (Å²) < 4.78 is 5.05. The molecule has 2 aromatic heterocycles. The van der Waals surface area contributed by atoms with Crippen molar-refractivity contribution in [1.29, 1.82) is 0 Å². The fourth-order valence-corrected chi connectivity index (χ4v) is 11.6. The van der Waals surface area contributed by atoms with Gasteiger partial charge in [-0.1, -0.05) is 128 Å². The number of nitrogens with zero attached hydrogens (tertiary/aromatic N) is 2. The Labute approximate surface area is 339 Å². The Morgan fingerprint density at radius 3 is 2.10 bits per heavy atom. The van der Waals surface area contributed by atoms with Crippen LogP contribution in [0.25, 0.3) is 78.0 Å². The van der Waals surface area contributed by atoms with Crippen molar-refractivity contribution in [3.05, 3.63) is 203 Å². The van der Waals surface area contributed by atoms with E-state index in [2.05, 4.69) is 186 Å². The number of para-hydroxylation sites is 1. The third-order valence-electron chi connectivity index (χ3n) is 14.0. The number of benzene rings is 6. The number of aryl methyl sites for hydroxylation is 1. The molecule has 5 aliphatic rings. The first kappa shape index (κ1) is 32.4. The zero-order chi connectivity index (χ0) is 38.1. The molecule has 0 N–H and O–H groups in total. The van der Waals surface area contributed by atoms with Crippen LogP contribution in [0.3, 0.4) is 0 Å². The van der Waals surface area contributed by atoms with Crippen LogP contribution in [-0.2, 0) is 11.8 Å². The van der Waals surface area contributed by atoms with Crippen molar-refractivity contribution in [3.8, 4) is 27.9 Å². The quantitative estimate of drug-likeness (QED) is 0.171. The van der Waals surface area contributed by atoms with E-state index in [-0.39, 0.29) is 5.41 Å². The summed E-state index contributed by atoms with van der Waals surface area (Å²) in [6.07, 6.45) is 21.9. The number of fused-ring (bicyclic) bond motifs is 15. The van der Waals surface area contributed by atoms with E-state index in [0.717, 1.165) is 32.1 Å². The van der Waals surface area contributed by atoms with Crippen molar-refractivity contribution in [3.63, 3.8) is 0 Å². The minimum atomic E-state index is -0.292. The van der Waals surface area contributed by atoms with Gasteiger partial charge >= 0.3 is 0 Å². The Kier molecular flexibility index (Phi) is 6.68. The summed E-state index contributed by atoms with van der Waals surface area (Å²) >= 11 is 0. The lowest BCUT2D eigenvalue weighted by Crippen LogP contribution is -2.27. The molecule has 13 rings (SSSR count). The smallest absolute Gasteiger partial charge is 0.0689 e. The van der Waals surface area contributed by atoms with E-state index in [1.165, 1.54) is 105 Å². The Bertz CT molecular complexity index is 3280. The Balaban J connectivity index is 1.02. The molecule has 5 aliphatic carbocycles. The summed E-state index contributed by atoms with van der Waals surface area (Å²) in [5, 5.41) is 3.95. The first-order chi connectivity index (χ1) is 28.7. The van der Waals surface area contributed by atoms with E-state index in [9.17, 15) is 0 Å². The number of aromatic nitrogens is 2. The highest BCUT2D eigenvalue weighted by atomic mass is 15.0. The van der Waals surface area contributed by atoms with Gasteiger partial charge in [0, 0.05) is 33.1 Å². The van der Waals surface area contributed by atoms with Crippen LogP contribution in [0, 0.1) is 5.92 Å². The summed E-state index contributed by atoms with van der Waals surface area (Å²) in [6.45, 7) is 2.30. The third-order valence-corrected chi connectivity index (χ3v) is 14.0. The molecule has 0 bridgehead atoms. The molecule has 276 valence electrons. The van der Waals surface area contributed by atoms with Crippen molar-refractivity contribution in [2.24, 2.45) is 5.92 Å². The van der Waals surface area contributed by atoms with Crippen molar-refractivity contribution >= 4 is 50.1 Å². The lowest BCUT2D eigenvalue weighted by Gasteiger charge is -2.33. The molecular weight excluding hydrogens is 701 g/mol. The van der Waals surface area contributed by atoms with Crippen LogP contribution < -0.4 is 0 Å². The van der Waals surface area contributed by atoms with Crippen LogP contribution in [0.4, 0.5) is 0 Å². The number of hydrogen-bond acceptors (Lipinski definition) is 0. The molecule has 58 heavy (non-hydrogen) atoms. The molecule has 2 heteroatoms. The maximum Gasteiger partial charge on any atom is 0.0689 e. The minimum Gasteiger partial charge on any atom is -0.310 e. The van der Waals surface area contributed by atoms with Crippen LogP contribution in [0.1, 0.15) is 66.1 Å². The topological polar surface area (TPSA) is 9.86 Å². The molecule has 8 aromatic rings. The minimum absolute atomic E-state index is 0.292. The van der Waals surface area contributed by atoms with Crippen molar-refractivity contribution < 1.29 is 0 Å². The molecule has 1 spiro atoms. The average molecular weight is 743 g/mol. The normalized spacial score (nSPS) is 19.9. The van der Waals surface area contributed by atoms with E-state index < -0.39 is 0 Å². The molecule has 2 atom stereocenters. The van der Waals surface area contributed by atoms with Crippen LogP contribution in [0.5, 0.6) is 0 Å². The van der Waals surface area contributed by atoms with E-state index in [1.54, 1.807) is 5.57 Å². The highest BCUT2D eigenvalue weighted by Crippen LogP contribution is 2.64. The van der Waals surface area contributed by atoms with Crippen LogP contribution in [0.2, 0.25) is 0 Å². The van der Waals surface area contributed by atoms with Gasteiger partial charge in [-0.15, -0.1) is 0 Å². The van der Waals surface area contributed by atoms with Gasteiger partial charge in [-0.25, -0.2) is 0 Å². The number of rotatable bonds is 3. The number of allylic oxidation sites excluding steroid dienone is 9. The maximum atomic E-state index is 2.55. The van der Waals surface area contributed by atoms with Gasteiger partial charge in [0.05, 0.1) is 27.7 Å². The summed E-state index contributed by atoms with van der Waals surface area (Å²) in [6, 6.07) is 48.9. The lowest BCUT2D eigenvalue weighted by atomic mass is 9.68. The van der Waals surface area contributed by atoms with Crippen molar-refractivity contribution in [2.45, 2.75) is 44.4 Å². The monoisotopic (exact) mass is 742 g/mol. The van der Waals surface area contributed by atoms with Gasteiger partial charge in [-0.3, -0.25) is 0 Å². The molecule has 0 saturated carbocycles. The summed E-state index contributed by atoms with van der Waals surface area (Å²) in [7, 11) is 0. The Hall–Kier alpha value is -6.64. The molecule has 0 radical (unpaired) electrons. The molecule has 2 heterocycles. The highest BCUT2D eigenvalue weighted by molar-refractivity contribution is 6.12. The van der Waals surface area contributed by atoms with E-state index >= 15 is 0 Å². The zero-order valence-electron chi connectivity index (χ0n) is 32.7. The average Bonchev–Trinajstić information content (AvgIpc) is 3.99. The first-order valence-electron chi connectivity index (χ1n) is 21.2. The van der Waals surface area contributed by atoms with Gasteiger partial charge in [0.25, 0.3) is 0 Å². The zero-order valence-corrected chi connectivity index (χ0v) is 32.7. The largest absolute Gasteiger partial charge is 0.310 e. The van der Waals surface area contributed by atoms with Gasteiger partial charge in [0.15, 0.2) is 0 Å². The fraction of sp³-hybridized carbons (Fsp3) is 0.143. The van der Waals surface area contributed by atoms with Crippen LogP contribution in [-0.4, -0.2) is 9.13 Å². The van der Waals surface area contributed by atoms with Gasteiger partial charge in [-0.05, 0) is 142 Å². The Morgan fingerprint density at radius 1 is 0.569 bits per heavy atom. The summed E-state index contributed by atoms with van der Waals surface area (Å²) in [5.74, 6) is 0.588. The van der Waals surface area contributed by atoms with Crippen molar-refractivity contribution in [2.75, 3.05) is 0 Å². The van der Waals surface area contributed by atoms with E-state index in [4.69, 9.17) is 0 Å². The van der Waals surface area contributed by atoms with E-state index in [1.807, 2.05) is 0 Å². The Morgan fingerprint density at radius 2 is 1.26 bits per heavy atom. The first-order valence-corrected chi connectivity index (χ1v) is 21.2. The molecule has 6 aromatic carbocycles. The molecule has 0 saturated heterocycles. The second-order valence-corrected chi connectivity index (χ2v) is 17.0. The molecule has 2 nitrogen and oxygen atoms in total. The molecule has 2 unspecified atom stereocenters. The second-order valence-electron chi connectivity index (χ2n) is 17.0. The standard InChI is InChI=1S/C56H42N2/c1-35-25-29-38(30-26-35)57-50-22-10-5-15-41(50)44-33-36(27-31-52(44)57)37-28-32-53-45(34-37)42-16-6-11-23-51(42)58(53)54-24-12-21-49-55(54)43-17-4-9-20-48(43)56(49)46-18-7-2-13-39(46)40-14-3-8-19-47(40)56/h2-4,6-7,9-14,16-18,20-25,27-35H,5,8,15,19,26H2,1H3. The highest BCUT2D eigenvalue weighted by Gasteiger charge is 2.53. The van der Waals surface area contributed by atoms with E-state index in [0.29, 0.717) is 5.92 Å². The molecule has 0 aliphatic heterocycles. The molecule has 0 fully saturated rings. The van der Waals surface area contributed by atoms with Crippen LogP contribution >= 0.6 is 0 Å². The van der Waals surface area contributed by atoms with Gasteiger partial charge in [0.1, 0.15) is 0 Å².